The number of hydrogen-bond donors (Lipinski definition) is 1. The van der Waals surface area contributed by atoms with Gasteiger partial charge in [0.1, 0.15) is 0 Å². The summed E-state index contributed by atoms with van der Waals surface area (Å²) < 4.78 is 16.3. The first kappa shape index (κ1) is 21.1. The molecule has 1 atom stereocenters. The number of ether oxygens (including phenoxy) is 3. The molecule has 2 aromatic rings. The molecule has 0 bridgehead atoms. The third kappa shape index (κ3) is 5.61. The summed E-state index contributed by atoms with van der Waals surface area (Å²) in [7, 11) is 8.73. The van der Waals surface area contributed by atoms with Gasteiger partial charge in [-0.3, -0.25) is 4.79 Å². The van der Waals surface area contributed by atoms with Crippen LogP contribution in [-0.2, 0) is 11.2 Å². The summed E-state index contributed by atoms with van der Waals surface area (Å²) in [5, 5.41) is 5.07. The van der Waals surface area contributed by atoms with Crippen molar-refractivity contribution in [2.75, 3.05) is 42.0 Å². The van der Waals surface area contributed by atoms with Crippen molar-refractivity contribution in [2.45, 2.75) is 18.9 Å². The third-order valence-corrected chi connectivity index (χ3v) is 5.30. The van der Waals surface area contributed by atoms with Gasteiger partial charge in [-0.25, -0.2) is 0 Å². The summed E-state index contributed by atoms with van der Waals surface area (Å²) in [5.74, 6) is 1.80. The van der Waals surface area contributed by atoms with Crippen LogP contribution in [0.25, 0.3) is 0 Å². The lowest BCUT2D eigenvalue weighted by Gasteiger charge is -2.26. The number of likely N-dealkylation sites (N-methyl/N-ethyl adjacent to an activating group) is 1. The van der Waals surface area contributed by atoms with Gasteiger partial charge in [0.2, 0.25) is 11.7 Å². The number of carbonyl (C=O) groups excluding carboxylic acids is 1. The molecule has 6 nitrogen and oxygen atoms in total. The first-order valence-corrected chi connectivity index (χ1v) is 9.63. The smallest absolute Gasteiger partial charge is 0.220 e. The molecule has 0 radical (unpaired) electrons. The van der Waals surface area contributed by atoms with E-state index in [1.807, 2.05) is 37.7 Å². The zero-order valence-electron chi connectivity index (χ0n) is 16.6. The minimum absolute atomic E-state index is 0.0237. The Morgan fingerprint density at radius 2 is 1.81 bits per heavy atom. The molecule has 1 heterocycles. The van der Waals surface area contributed by atoms with Crippen molar-refractivity contribution in [1.82, 2.24) is 10.2 Å². The molecular formula is C20H28N2O4S. The molecule has 2 rings (SSSR count). The standard InChI is InChI=1S/C20H28N2O4S/c1-22(2)16(13-21-19(23)9-8-15-7-6-10-27-15)14-11-17(24-3)20(26-5)18(12-14)25-4/h6-7,10-12,16H,8-9,13H2,1-5H3,(H,21,23). The maximum absolute atomic E-state index is 12.2. The van der Waals surface area contributed by atoms with Crippen LogP contribution in [0, 0.1) is 0 Å². The quantitative estimate of drug-likeness (QED) is 0.673. The second-order valence-electron chi connectivity index (χ2n) is 6.32. The molecule has 7 heteroatoms. The molecule has 0 spiro atoms. The topological polar surface area (TPSA) is 60.0 Å². The van der Waals surface area contributed by atoms with Crippen LogP contribution in [0.1, 0.15) is 22.9 Å². The number of amides is 1. The number of aryl methyl sites for hydroxylation is 1. The lowest BCUT2D eigenvalue weighted by atomic mass is 10.0. The number of carbonyl (C=O) groups is 1. The van der Waals surface area contributed by atoms with Gasteiger partial charge in [0.25, 0.3) is 0 Å². The first-order chi connectivity index (χ1) is 13.0. The average Bonchev–Trinajstić information content (AvgIpc) is 3.18. The summed E-state index contributed by atoms with van der Waals surface area (Å²) in [6, 6.07) is 7.87. The van der Waals surface area contributed by atoms with Crippen molar-refractivity contribution in [3.05, 3.63) is 40.1 Å². The van der Waals surface area contributed by atoms with Crippen LogP contribution in [0.15, 0.2) is 29.6 Å². The fraction of sp³-hybridized carbons (Fsp3) is 0.450. The molecule has 1 amide bonds. The van der Waals surface area contributed by atoms with Crippen molar-refractivity contribution in [3.8, 4) is 17.2 Å². The Hall–Kier alpha value is -2.25. The van der Waals surface area contributed by atoms with E-state index >= 15 is 0 Å². The number of nitrogens with one attached hydrogen (secondary N) is 1. The van der Waals surface area contributed by atoms with Crippen LogP contribution < -0.4 is 19.5 Å². The predicted molar refractivity (Wildman–Crippen MR) is 108 cm³/mol. The predicted octanol–water partition coefficient (Wildman–Crippen LogP) is 3.13. The largest absolute Gasteiger partial charge is 0.493 e. The molecule has 0 aliphatic heterocycles. The average molecular weight is 393 g/mol. The van der Waals surface area contributed by atoms with Gasteiger partial charge in [-0.05, 0) is 49.7 Å². The van der Waals surface area contributed by atoms with E-state index in [0.29, 0.717) is 30.2 Å². The van der Waals surface area contributed by atoms with Gasteiger partial charge in [0, 0.05) is 17.8 Å². The lowest BCUT2D eigenvalue weighted by Crippen LogP contribution is -2.34. The monoisotopic (exact) mass is 392 g/mol. The summed E-state index contributed by atoms with van der Waals surface area (Å²) in [6.07, 6.45) is 1.25. The number of rotatable bonds is 10. The maximum Gasteiger partial charge on any atom is 0.220 e. The van der Waals surface area contributed by atoms with E-state index in [4.69, 9.17) is 14.2 Å². The Bertz CT molecular complexity index is 707. The SMILES string of the molecule is COc1cc(C(CNC(=O)CCc2cccs2)N(C)C)cc(OC)c1OC. The molecular weight excluding hydrogens is 364 g/mol. The molecule has 27 heavy (non-hydrogen) atoms. The van der Waals surface area contributed by atoms with Crippen LogP contribution in [-0.4, -0.2) is 52.8 Å². The molecule has 0 aliphatic rings. The highest BCUT2D eigenvalue weighted by atomic mass is 32.1. The minimum atomic E-state index is -0.0237. The summed E-state index contributed by atoms with van der Waals surface area (Å²) >= 11 is 1.67. The Balaban J connectivity index is 2.09. The normalized spacial score (nSPS) is 11.9. The Morgan fingerprint density at radius 3 is 2.30 bits per heavy atom. The molecule has 0 fully saturated rings. The van der Waals surface area contributed by atoms with Crippen molar-refractivity contribution in [1.29, 1.82) is 0 Å². The maximum atomic E-state index is 12.2. The fourth-order valence-corrected chi connectivity index (χ4v) is 3.59. The zero-order chi connectivity index (χ0) is 19.8. The first-order valence-electron chi connectivity index (χ1n) is 8.75. The van der Waals surface area contributed by atoms with Gasteiger partial charge in [-0.15, -0.1) is 11.3 Å². The second-order valence-corrected chi connectivity index (χ2v) is 7.35. The molecule has 0 saturated carbocycles. The Morgan fingerprint density at radius 1 is 1.15 bits per heavy atom. The van der Waals surface area contributed by atoms with Crippen LogP contribution in [0.2, 0.25) is 0 Å². The molecule has 1 unspecified atom stereocenters. The molecule has 1 aromatic heterocycles. The number of methoxy groups -OCH3 is 3. The minimum Gasteiger partial charge on any atom is -0.493 e. The summed E-state index contributed by atoms with van der Waals surface area (Å²) in [5.41, 5.74) is 0.980. The summed E-state index contributed by atoms with van der Waals surface area (Å²) in [4.78, 5) is 15.5. The van der Waals surface area contributed by atoms with Gasteiger partial charge >= 0.3 is 0 Å². The van der Waals surface area contributed by atoms with Gasteiger partial charge in [0.05, 0.1) is 27.4 Å². The number of thiophene rings is 1. The van der Waals surface area contributed by atoms with Gasteiger partial charge in [-0.1, -0.05) is 6.07 Å². The number of benzene rings is 1. The van der Waals surface area contributed by atoms with Gasteiger partial charge < -0.3 is 24.4 Å². The van der Waals surface area contributed by atoms with Crippen LogP contribution in [0.3, 0.4) is 0 Å². The number of nitrogens with zero attached hydrogens (tertiary/aromatic N) is 1. The van der Waals surface area contributed by atoms with E-state index in [2.05, 4.69) is 16.3 Å². The van der Waals surface area contributed by atoms with E-state index in [9.17, 15) is 4.79 Å². The Kier molecular flexibility index (Phi) is 7.94. The second kappa shape index (κ2) is 10.2. The van der Waals surface area contributed by atoms with E-state index in [0.717, 1.165) is 12.0 Å². The van der Waals surface area contributed by atoms with E-state index in [-0.39, 0.29) is 11.9 Å². The fourth-order valence-electron chi connectivity index (χ4n) is 2.88. The molecule has 148 valence electrons. The van der Waals surface area contributed by atoms with E-state index in [1.54, 1.807) is 32.7 Å². The zero-order valence-corrected chi connectivity index (χ0v) is 17.4. The van der Waals surface area contributed by atoms with E-state index in [1.165, 1.54) is 4.88 Å². The van der Waals surface area contributed by atoms with E-state index < -0.39 is 0 Å². The van der Waals surface area contributed by atoms with Crippen LogP contribution in [0.5, 0.6) is 17.2 Å². The van der Waals surface area contributed by atoms with Crippen molar-refractivity contribution in [2.24, 2.45) is 0 Å². The lowest BCUT2D eigenvalue weighted by molar-refractivity contribution is -0.121. The molecule has 0 saturated heterocycles. The number of hydrogen-bond acceptors (Lipinski definition) is 6. The third-order valence-electron chi connectivity index (χ3n) is 4.37. The van der Waals surface area contributed by atoms with Gasteiger partial charge in [-0.2, -0.15) is 0 Å². The Labute approximate surface area is 165 Å². The highest BCUT2D eigenvalue weighted by molar-refractivity contribution is 7.09. The van der Waals surface area contributed by atoms with Crippen LogP contribution in [0.4, 0.5) is 0 Å². The molecule has 0 aliphatic carbocycles. The summed E-state index contributed by atoms with van der Waals surface area (Å²) in [6.45, 7) is 0.495. The molecule has 1 N–H and O–H groups in total. The highest BCUT2D eigenvalue weighted by Crippen LogP contribution is 2.40. The van der Waals surface area contributed by atoms with Crippen LogP contribution >= 0.6 is 11.3 Å². The van der Waals surface area contributed by atoms with Crippen molar-refractivity contribution >= 4 is 17.2 Å². The van der Waals surface area contributed by atoms with Gasteiger partial charge in [0.15, 0.2) is 11.5 Å². The highest BCUT2D eigenvalue weighted by Gasteiger charge is 2.21. The molecule has 1 aromatic carbocycles. The van der Waals surface area contributed by atoms with Crippen molar-refractivity contribution in [3.63, 3.8) is 0 Å². The van der Waals surface area contributed by atoms with Crippen molar-refractivity contribution < 1.29 is 19.0 Å².